The molecule has 4 aromatic rings. The van der Waals surface area contributed by atoms with Gasteiger partial charge >= 0.3 is 0 Å². The molecular weight excluding hydrogens is 344 g/mol. The molecule has 2 aromatic carbocycles. The van der Waals surface area contributed by atoms with Gasteiger partial charge in [-0.25, -0.2) is 4.98 Å². The van der Waals surface area contributed by atoms with Gasteiger partial charge in [-0.1, -0.05) is 41.7 Å². The Morgan fingerprint density at radius 1 is 1.05 bits per heavy atom. The number of fused-ring (bicyclic) bond motifs is 3. The molecule has 0 aliphatic heterocycles. The molecule has 2 nitrogen and oxygen atoms in total. The van der Waals surface area contributed by atoms with E-state index in [0.717, 1.165) is 14.3 Å². The van der Waals surface area contributed by atoms with E-state index in [0.29, 0.717) is 0 Å². The first kappa shape index (κ1) is 13.0. The summed E-state index contributed by atoms with van der Waals surface area (Å²) in [5.74, 6) is 0. The Morgan fingerprint density at radius 3 is 2.52 bits per heavy atom. The Bertz CT molecular complexity index is 967. The second-order valence-corrected chi connectivity index (χ2v) is 7.54. The monoisotopic (exact) mass is 356 g/mol. The highest BCUT2D eigenvalue weighted by Crippen LogP contribution is 2.38. The lowest BCUT2D eigenvalue weighted by atomic mass is 10.1. The van der Waals surface area contributed by atoms with Crippen LogP contribution in [0.5, 0.6) is 0 Å². The van der Waals surface area contributed by atoms with Crippen LogP contribution in [0.3, 0.4) is 0 Å². The molecule has 0 spiro atoms. The minimum absolute atomic E-state index is 1.03. The molecule has 0 aliphatic carbocycles. The highest BCUT2D eigenvalue weighted by atomic mass is 79.9. The summed E-state index contributed by atoms with van der Waals surface area (Å²) in [6, 6.07) is 14.9. The van der Waals surface area contributed by atoms with Crippen molar-refractivity contribution in [2.24, 2.45) is 0 Å². The average molecular weight is 357 g/mol. The molecule has 2 aromatic heterocycles. The minimum atomic E-state index is 1.03. The first-order chi connectivity index (χ1) is 10.1. The molecule has 4 heteroatoms. The fraction of sp³-hybridized carbons (Fsp3) is 0.118. The van der Waals surface area contributed by atoms with E-state index in [2.05, 4.69) is 70.6 Å². The molecule has 0 N–H and O–H groups in total. The minimum Gasteiger partial charge on any atom is -0.282 e. The van der Waals surface area contributed by atoms with E-state index in [-0.39, 0.29) is 0 Å². The topological polar surface area (TPSA) is 17.3 Å². The van der Waals surface area contributed by atoms with Gasteiger partial charge in [0, 0.05) is 5.56 Å². The lowest BCUT2D eigenvalue weighted by Gasteiger charge is -2.04. The fourth-order valence-corrected chi connectivity index (χ4v) is 4.38. The third-order valence-corrected chi connectivity index (χ3v) is 5.57. The van der Waals surface area contributed by atoms with Crippen molar-refractivity contribution >= 4 is 43.3 Å². The van der Waals surface area contributed by atoms with Crippen LogP contribution in [0.15, 0.2) is 46.3 Å². The highest BCUT2D eigenvalue weighted by molar-refractivity contribution is 9.11. The van der Waals surface area contributed by atoms with Gasteiger partial charge in [0.1, 0.15) is 0 Å². The van der Waals surface area contributed by atoms with Crippen LogP contribution in [0.4, 0.5) is 0 Å². The number of hydrogen-bond donors (Lipinski definition) is 0. The zero-order valence-corrected chi connectivity index (χ0v) is 14.1. The molecule has 0 bridgehead atoms. The quantitative estimate of drug-likeness (QED) is 0.434. The van der Waals surface area contributed by atoms with Gasteiger partial charge in [0.25, 0.3) is 0 Å². The normalized spacial score (nSPS) is 11.6. The van der Waals surface area contributed by atoms with Crippen LogP contribution in [0.1, 0.15) is 11.1 Å². The van der Waals surface area contributed by atoms with E-state index >= 15 is 0 Å². The molecule has 0 aliphatic rings. The maximum atomic E-state index is 4.78. The SMILES string of the molecule is Cc1cc2nc3sc(Br)c(-c4ccccc4)n3c2cc1C. The first-order valence-electron chi connectivity index (χ1n) is 6.78. The zero-order valence-electron chi connectivity index (χ0n) is 11.7. The molecule has 0 saturated carbocycles. The molecule has 0 fully saturated rings. The van der Waals surface area contributed by atoms with Gasteiger partial charge in [0.2, 0.25) is 0 Å². The maximum Gasteiger partial charge on any atom is 0.196 e. The summed E-state index contributed by atoms with van der Waals surface area (Å²) in [4.78, 5) is 5.80. The van der Waals surface area contributed by atoms with E-state index in [1.54, 1.807) is 11.3 Å². The largest absolute Gasteiger partial charge is 0.282 e. The summed E-state index contributed by atoms with van der Waals surface area (Å²) in [5, 5.41) is 0. The number of aromatic nitrogens is 2. The Balaban J connectivity index is 2.15. The van der Waals surface area contributed by atoms with Gasteiger partial charge in [0.15, 0.2) is 4.96 Å². The number of hydrogen-bond acceptors (Lipinski definition) is 2. The number of halogens is 1. The van der Waals surface area contributed by atoms with Gasteiger partial charge in [-0.2, -0.15) is 0 Å². The number of nitrogens with zero attached hydrogens (tertiary/aromatic N) is 2. The third kappa shape index (κ3) is 1.93. The van der Waals surface area contributed by atoms with E-state index in [1.807, 2.05) is 6.07 Å². The Morgan fingerprint density at radius 2 is 1.76 bits per heavy atom. The zero-order chi connectivity index (χ0) is 14.6. The number of rotatable bonds is 1. The van der Waals surface area contributed by atoms with Gasteiger partial charge in [-0.15, -0.1) is 0 Å². The third-order valence-electron chi connectivity index (χ3n) is 3.88. The van der Waals surface area contributed by atoms with Crippen molar-refractivity contribution in [3.05, 3.63) is 57.4 Å². The maximum absolute atomic E-state index is 4.78. The van der Waals surface area contributed by atoms with Crippen LogP contribution in [0, 0.1) is 13.8 Å². The standard InChI is InChI=1S/C17H13BrN2S/c1-10-8-13-14(9-11(10)2)20-15(12-6-4-3-5-7-12)16(18)21-17(20)19-13/h3-9H,1-2H3. The van der Waals surface area contributed by atoms with Crippen molar-refractivity contribution < 1.29 is 0 Å². The lowest BCUT2D eigenvalue weighted by molar-refractivity contribution is 1.27. The first-order valence-corrected chi connectivity index (χ1v) is 8.39. The van der Waals surface area contributed by atoms with Gasteiger partial charge in [-0.3, -0.25) is 4.40 Å². The van der Waals surface area contributed by atoms with Gasteiger partial charge < -0.3 is 0 Å². The molecule has 0 radical (unpaired) electrons. The fourth-order valence-electron chi connectivity index (χ4n) is 2.65. The summed E-state index contributed by atoms with van der Waals surface area (Å²) in [7, 11) is 0. The van der Waals surface area contributed by atoms with Crippen molar-refractivity contribution in [1.29, 1.82) is 0 Å². The Labute approximate surface area is 135 Å². The molecule has 0 atom stereocenters. The van der Waals surface area contributed by atoms with E-state index in [9.17, 15) is 0 Å². The van der Waals surface area contributed by atoms with Crippen molar-refractivity contribution in [1.82, 2.24) is 9.38 Å². The number of imidazole rings is 1. The van der Waals surface area contributed by atoms with Crippen LogP contribution in [0.2, 0.25) is 0 Å². The predicted molar refractivity (Wildman–Crippen MR) is 93.2 cm³/mol. The van der Waals surface area contributed by atoms with E-state index < -0.39 is 0 Å². The molecule has 0 unspecified atom stereocenters. The van der Waals surface area contributed by atoms with Crippen LogP contribution in [0.25, 0.3) is 27.3 Å². The molecule has 4 rings (SSSR count). The van der Waals surface area contributed by atoms with Crippen molar-refractivity contribution in [3.63, 3.8) is 0 Å². The summed E-state index contributed by atoms with van der Waals surface area (Å²) >= 11 is 5.38. The number of thiazole rings is 1. The summed E-state index contributed by atoms with van der Waals surface area (Å²) < 4.78 is 3.38. The molecule has 2 heterocycles. The number of aryl methyl sites for hydroxylation is 2. The smallest absolute Gasteiger partial charge is 0.196 e. The molecule has 0 saturated heterocycles. The summed E-state index contributed by atoms with van der Waals surface area (Å²) in [6.07, 6.45) is 0. The number of benzene rings is 2. The average Bonchev–Trinajstić information content (AvgIpc) is 2.95. The summed E-state index contributed by atoms with van der Waals surface area (Å²) in [5.41, 5.74) is 7.21. The second-order valence-electron chi connectivity index (χ2n) is 5.25. The lowest BCUT2D eigenvalue weighted by Crippen LogP contribution is -1.88. The predicted octanol–water partition coefficient (Wildman–Crippen LogP) is 5.60. The van der Waals surface area contributed by atoms with Crippen LogP contribution < -0.4 is 0 Å². The van der Waals surface area contributed by atoms with Gasteiger partial charge in [0.05, 0.1) is 20.5 Å². The highest BCUT2D eigenvalue weighted by Gasteiger charge is 2.17. The second kappa shape index (κ2) is 4.68. The van der Waals surface area contributed by atoms with Crippen molar-refractivity contribution in [2.45, 2.75) is 13.8 Å². The van der Waals surface area contributed by atoms with Gasteiger partial charge in [-0.05, 0) is 53.0 Å². The van der Waals surface area contributed by atoms with E-state index in [1.165, 1.54) is 27.9 Å². The Kier molecular flexibility index (Phi) is 2.91. The van der Waals surface area contributed by atoms with Crippen molar-refractivity contribution in [3.8, 4) is 11.3 Å². The van der Waals surface area contributed by atoms with Crippen LogP contribution >= 0.6 is 27.3 Å². The molecule has 0 amide bonds. The molecule has 104 valence electrons. The molecule has 21 heavy (non-hydrogen) atoms. The molecular formula is C17H13BrN2S. The van der Waals surface area contributed by atoms with Crippen LogP contribution in [-0.4, -0.2) is 9.38 Å². The summed E-state index contributed by atoms with van der Waals surface area (Å²) in [6.45, 7) is 4.29. The Hall–Kier alpha value is -1.65. The van der Waals surface area contributed by atoms with Crippen LogP contribution in [-0.2, 0) is 0 Å². The van der Waals surface area contributed by atoms with E-state index in [4.69, 9.17) is 4.98 Å². The van der Waals surface area contributed by atoms with Crippen molar-refractivity contribution in [2.75, 3.05) is 0 Å².